The van der Waals surface area contributed by atoms with Crippen molar-refractivity contribution in [2.45, 2.75) is 31.5 Å². The van der Waals surface area contributed by atoms with Crippen LogP contribution in [-0.4, -0.2) is 22.1 Å². The molecule has 6 heteroatoms. The number of anilines is 1. The third-order valence-corrected chi connectivity index (χ3v) is 3.73. The molecular formula is C16H18N4O2. The Labute approximate surface area is 128 Å². The molecule has 0 unspecified atom stereocenters. The molecule has 1 aromatic heterocycles. The predicted octanol–water partition coefficient (Wildman–Crippen LogP) is 2.43. The molecular weight excluding hydrogens is 280 g/mol. The van der Waals surface area contributed by atoms with E-state index in [0.717, 1.165) is 18.7 Å². The molecule has 3 N–H and O–H groups in total. The first-order valence-electron chi connectivity index (χ1n) is 7.24. The topological polar surface area (TPSA) is 90.1 Å². The molecule has 1 heterocycles. The molecule has 2 amide bonds. The van der Waals surface area contributed by atoms with Crippen LogP contribution in [0, 0.1) is 0 Å². The van der Waals surface area contributed by atoms with E-state index in [1.807, 2.05) is 18.2 Å². The van der Waals surface area contributed by atoms with E-state index in [4.69, 9.17) is 10.5 Å². The lowest BCUT2D eigenvalue weighted by Crippen LogP contribution is -2.30. The first kappa shape index (κ1) is 14.5. The lowest BCUT2D eigenvalue weighted by atomic mass is 9.81. The van der Waals surface area contributed by atoms with E-state index < -0.39 is 6.03 Å². The fraction of sp³-hybridized carbons (Fsp3) is 0.312. The first-order chi connectivity index (χ1) is 10.7. The number of amides is 2. The van der Waals surface area contributed by atoms with Crippen molar-refractivity contribution in [2.24, 2.45) is 5.73 Å². The first-order valence-corrected chi connectivity index (χ1v) is 7.24. The Balaban J connectivity index is 1.45. The van der Waals surface area contributed by atoms with E-state index >= 15 is 0 Å². The molecule has 0 radical (unpaired) electrons. The number of benzene rings is 1. The van der Waals surface area contributed by atoms with Crippen LogP contribution in [0.3, 0.4) is 0 Å². The number of aromatic nitrogens is 2. The van der Waals surface area contributed by atoms with Crippen LogP contribution in [-0.2, 0) is 11.3 Å². The summed E-state index contributed by atoms with van der Waals surface area (Å²) in [5, 5.41) is 2.44. The molecule has 0 saturated heterocycles. The van der Waals surface area contributed by atoms with Crippen LogP contribution in [0.25, 0.3) is 0 Å². The minimum absolute atomic E-state index is 0.261. The molecule has 3 rings (SSSR count). The molecule has 1 aliphatic carbocycles. The SMILES string of the molecule is NC(=O)Nc1cnc(C2CC(OCc3ccccc3)C2)nc1. The molecule has 0 bridgehead atoms. The molecule has 1 saturated carbocycles. The van der Waals surface area contributed by atoms with Gasteiger partial charge in [-0.25, -0.2) is 14.8 Å². The van der Waals surface area contributed by atoms with Crippen molar-refractivity contribution in [3.63, 3.8) is 0 Å². The van der Waals surface area contributed by atoms with Gasteiger partial charge in [0.05, 0.1) is 30.8 Å². The number of ether oxygens (including phenoxy) is 1. The Kier molecular flexibility index (Phi) is 4.29. The van der Waals surface area contributed by atoms with Crippen molar-refractivity contribution < 1.29 is 9.53 Å². The third kappa shape index (κ3) is 3.59. The van der Waals surface area contributed by atoms with Crippen molar-refractivity contribution in [1.29, 1.82) is 0 Å². The molecule has 22 heavy (non-hydrogen) atoms. The highest BCUT2D eigenvalue weighted by atomic mass is 16.5. The molecule has 6 nitrogen and oxygen atoms in total. The highest BCUT2D eigenvalue weighted by molar-refractivity contribution is 5.87. The number of hydrogen-bond acceptors (Lipinski definition) is 4. The second-order valence-corrected chi connectivity index (χ2v) is 5.41. The van der Waals surface area contributed by atoms with Gasteiger partial charge in [0.2, 0.25) is 0 Å². The quantitative estimate of drug-likeness (QED) is 0.887. The normalized spacial score (nSPS) is 20.2. The van der Waals surface area contributed by atoms with Gasteiger partial charge in [0.1, 0.15) is 5.82 Å². The summed E-state index contributed by atoms with van der Waals surface area (Å²) in [5.41, 5.74) is 6.73. The average Bonchev–Trinajstić information content (AvgIpc) is 2.48. The second kappa shape index (κ2) is 6.53. The average molecular weight is 298 g/mol. The fourth-order valence-corrected chi connectivity index (χ4v) is 2.46. The smallest absolute Gasteiger partial charge is 0.316 e. The monoisotopic (exact) mass is 298 g/mol. The number of carbonyl (C=O) groups excluding carboxylic acids is 1. The minimum Gasteiger partial charge on any atom is -0.373 e. The van der Waals surface area contributed by atoms with Crippen LogP contribution in [0.1, 0.15) is 30.1 Å². The second-order valence-electron chi connectivity index (χ2n) is 5.41. The molecule has 0 spiro atoms. The largest absolute Gasteiger partial charge is 0.373 e. The van der Waals surface area contributed by atoms with E-state index in [2.05, 4.69) is 27.4 Å². The van der Waals surface area contributed by atoms with Crippen LogP contribution < -0.4 is 11.1 Å². The Morgan fingerprint density at radius 1 is 1.23 bits per heavy atom. The molecule has 0 aliphatic heterocycles. The number of urea groups is 1. The minimum atomic E-state index is -0.616. The van der Waals surface area contributed by atoms with Gasteiger partial charge < -0.3 is 15.8 Å². The van der Waals surface area contributed by atoms with Crippen molar-refractivity contribution in [3.8, 4) is 0 Å². The zero-order chi connectivity index (χ0) is 15.4. The van der Waals surface area contributed by atoms with E-state index in [0.29, 0.717) is 18.2 Å². The summed E-state index contributed by atoms with van der Waals surface area (Å²) in [7, 11) is 0. The molecule has 1 aromatic carbocycles. The van der Waals surface area contributed by atoms with Gasteiger partial charge in [0.15, 0.2) is 0 Å². The standard InChI is InChI=1S/C16H18N4O2/c17-16(21)20-13-8-18-15(19-9-13)12-6-14(7-12)22-10-11-4-2-1-3-5-11/h1-5,8-9,12,14H,6-7,10H2,(H3,17,20,21). The highest BCUT2D eigenvalue weighted by Gasteiger charge is 2.32. The summed E-state index contributed by atoms with van der Waals surface area (Å²) in [6, 6.07) is 9.52. The number of nitrogens with zero attached hydrogens (tertiary/aromatic N) is 2. The molecule has 1 fully saturated rings. The summed E-state index contributed by atoms with van der Waals surface area (Å²) in [5.74, 6) is 1.11. The van der Waals surface area contributed by atoms with E-state index in [1.165, 1.54) is 5.56 Å². The molecule has 1 aliphatic rings. The van der Waals surface area contributed by atoms with Gasteiger partial charge >= 0.3 is 6.03 Å². The number of primary amides is 1. The fourth-order valence-electron chi connectivity index (χ4n) is 2.46. The Bertz CT molecular complexity index is 624. The lowest BCUT2D eigenvalue weighted by Gasteiger charge is -2.34. The number of rotatable bonds is 5. The van der Waals surface area contributed by atoms with Crippen molar-refractivity contribution in [2.75, 3.05) is 5.32 Å². The number of hydrogen-bond donors (Lipinski definition) is 2. The molecule has 2 aromatic rings. The predicted molar refractivity (Wildman–Crippen MR) is 82.2 cm³/mol. The van der Waals surface area contributed by atoms with Crippen LogP contribution in [0.5, 0.6) is 0 Å². The Hall–Kier alpha value is -2.47. The maximum atomic E-state index is 10.7. The van der Waals surface area contributed by atoms with Crippen LogP contribution >= 0.6 is 0 Å². The zero-order valence-corrected chi connectivity index (χ0v) is 12.1. The Morgan fingerprint density at radius 3 is 2.55 bits per heavy atom. The van der Waals surface area contributed by atoms with Crippen LogP contribution in [0.15, 0.2) is 42.7 Å². The van der Waals surface area contributed by atoms with Gasteiger partial charge in [-0.3, -0.25) is 0 Å². The van der Waals surface area contributed by atoms with Crippen molar-refractivity contribution in [1.82, 2.24) is 9.97 Å². The maximum Gasteiger partial charge on any atom is 0.316 e. The molecule has 0 atom stereocenters. The van der Waals surface area contributed by atoms with Gasteiger partial charge in [-0.2, -0.15) is 0 Å². The van der Waals surface area contributed by atoms with Crippen LogP contribution in [0.2, 0.25) is 0 Å². The van der Waals surface area contributed by atoms with Gasteiger partial charge in [-0.15, -0.1) is 0 Å². The van der Waals surface area contributed by atoms with Gasteiger partial charge in [0, 0.05) is 5.92 Å². The van der Waals surface area contributed by atoms with Crippen LogP contribution in [0.4, 0.5) is 10.5 Å². The number of nitrogens with two attached hydrogens (primary N) is 1. The molecule has 114 valence electrons. The number of carbonyl (C=O) groups is 1. The van der Waals surface area contributed by atoms with E-state index in [9.17, 15) is 4.79 Å². The summed E-state index contributed by atoms with van der Waals surface area (Å²) in [4.78, 5) is 19.3. The highest BCUT2D eigenvalue weighted by Crippen LogP contribution is 2.37. The van der Waals surface area contributed by atoms with Crippen molar-refractivity contribution >= 4 is 11.7 Å². The van der Waals surface area contributed by atoms with E-state index in [-0.39, 0.29) is 6.10 Å². The summed E-state index contributed by atoms with van der Waals surface area (Å²) < 4.78 is 5.86. The third-order valence-electron chi connectivity index (χ3n) is 3.73. The summed E-state index contributed by atoms with van der Waals surface area (Å²) in [6.45, 7) is 0.639. The van der Waals surface area contributed by atoms with E-state index in [1.54, 1.807) is 12.4 Å². The zero-order valence-electron chi connectivity index (χ0n) is 12.1. The maximum absolute atomic E-state index is 10.7. The Morgan fingerprint density at radius 2 is 1.91 bits per heavy atom. The lowest BCUT2D eigenvalue weighted by molar-refractivity contribution is -0.0222. The van der Waals surface area contributed by atoms with Gasteiger partial charge in [-0.1, -0.05) is 30.3 Å². The van der Waals surface area contributed by atoms with Gasteiger partial charge in [-0.05, 0) is 18.4 Å². The summed E-state index contributed by atoms with van der Waals surface area (Å²) in [6.07, 6.45) is 5.26. The number of nitrogens with one attached hydrogen (secondary N) is 1. The van der Waals surface area contributed by atoms with Gasteiger partial charge in [0.25, 0.3) is 0 Å². The van der Waals surface area contributed by atoms with Crippen molar-refractivity contribution in [3.05, 3.63) is 54.1 Å². The summed E-state index contributed by atoms with van der Waals surface area (Å²) >= 11 is 0.